The number of halogens is 3. The van der Waals surface area contributed by atoms with Gasteiger partial charge in [-0.3, -0.25) is 4.99 Å². The van der Waals surface area contributed by atoms with Gasteiger partial charge in [-0.15, -0.1) is 11.3 Å². The number of thiazole rings is 1. The maximum atomic E-state index is 13.9. The van der Waals surface area contributed by atoms with Crippen molar-refractivity contribution in [3.05, 3.63) is 34.2 Å². The molecule has 1 unspecified atom stereocenters. The van der Waals surface area contributed by atoms with Crippen LogP contribution >= 0.6 is 11.3 Å². The van der Waals surface area contributed by atoms with Crippen molar-refractivity contribution in [3.63, 3.8) is 0 Å². The maximum Gasteiger partial charge on any atom is 0.418 e. The lowest BCUT2D eigenvalue weighted by molar-refractivity contribution is -0.233. The Hall–Kier alpha value is -1.77. The van der Waals surface area contributed by atoms with Gasteiger partial charge in [0.1, 0.15) is 0 Å². The minimum Gasteiger partial charge on any atom is -0.388 e. The van der Waals surface area contributed by atoms with E-state index in [1.54, 1.807) is 18.5 Å². The summed E-state index contributed by atoms with van der Waals surface area (Å²) in [4.78, 5) is 8.83. The number of nitrogens with zero attached hydrogens (tertiary/aromatic N) is 2. The van der Waals surface area contributed by atoms with Crippen LogP contribution < -0.4 is 0 Å². The Morgan fingerprint density at radius 2 is 2.00 bits per heavy atom. The Morgan fingerprint density at radius 1 is 1.31 bits per heavy atom. The van der Waals surface area contributed by atoms with Gasteiger partial charge in [0, 0.05) is 22.2 Å². The molecule has 1 atom stereocenters. The van der Waals surface area contributed by atoms with E-state index in [0.29, 0.717) is 17.7 Å². The van der Waals surface area contributed by atoms with E-state index < -0.39 is 24.5 Å². The third-order valence-corrected chi connectivity index (χ3v) is 4.85. The molecule has 0 amide bonds. The summed E-state index contributed by atoms with van der Waals surface area (Å²) in [6.45, 7) is 7.90. The first-order valence-corrected chi connectivity index (χ1v) is 10.3. The summed E-state index contributed by atoms with van der Waals surface area (Å²) in [6, 6.07) is 3.03. The molecule has 2 rings (SSSR count). The first-order chi connectivity index (χ1) is 13.4. The molecule has 1 N–H and O–H groups in total. The number of rotatable bonds is 8. The van der Waals surface area contributed by atoms with Gasteiger partial charge in [-0.1, -0.05) is 25.5 Å². The lowest BCUT2D eigenvalue weighted by Crippen LogP contribution is -2.32. The van der Waals surface area contributed by atoms with Gasteiger partial charge < -0.3 is 9.84 Å². The monoisotopic (exact) mass is 428 g/mol. The fraction of sp³-hybridized carbons (Fsp3) is 0.524. The van der Waals surface area contributed by atoms with Crippen molar-refractivity contribution in [2.75, 3.05) is 6.61 Å². The van der Waals surface area contributed by atoms with E-state index in [9.17, 15) is 18.3 Å². The third-order valence-electron chi connectivity index (χ3n) is 4.27. The molecule has 0 aliphatic carbocycles. The quantitative estimate of drug-likeness (QED) is 0.495. The Labute approximate surface area is 173 Å². The molecule has 4 nitrogen and oxygen atoms in total. The van der Waals surface area contributed by atoms with Gasteiger partial charge in [-0.2, -0.15) is 13.2 Å². The molecule has 0 spiro atoms. The molecule has 29 heavy (non-hydrogen) atoms. The Kier molecular flexibility index (Phi) is 7.59. The highest BCUT2D eigenvalue weighted by Crippen LogP contribution is 2.44. The van der Waals surface area contributed by atoms with Crippen LogP contribution in [0.25, 0.3) is 11.3 Å². The average molecular weight is 429 g/mol. The van der Waals surface area contributed by atoms with Crippen LogP contribution in [0.4, 0.5) is 18.9 Å². The number of aromatic nitrogens is 1. The number of alkyl halides is 3. The summed E-state index contributed by atoms with van der Waals surface area (Å²) in [5, 5.41) is 11.7. The zero-order chi connectivity index (χ0) is 21.8. The molecule has 0 saturated heterocycles. The van der Waals surface area contributed by atoms with Gasteiger partial charge in [0.15, 0.2) is 6.10 Å². The van der Waals surface area contributed by atoms with E-state index in [1.165, 1.54) is 31.3 Å². The second-order valence-corrected chi connectivity index (χ2v) is 8.41. The molecule has 1 aromatic carbocycles. The first-order valence-electron chi connectivity index (χ1n) is 9.41. The third kappa shape index (κ3) is 6.35. The number of benzene rings is 1. The summed E-state index contributed by atoms with van der Waals surface area (Å²) in [5.74, 6) is 0. The van der Waals surface area contributed by atoms with Crippen molar-refractivity contribution in [2.24, 2.45) is 4.99 Å². The van der Waals surface area contributed by atoms with Gasteiger partial charge in [-0.05, 0) is 39.7 Å². The predicted molar refractivity (Wildman–Crippen MR) is 111 cm³/mol. The van der Waals surface area contributed by atoms with Gasteiger partial charge in [0.05, 0.1) is 29.1 Å². The van der Waals surface area contributed by atoms with Crippen LogP contribution in [-0.4, -0.2) is 34.2 Å². The second kappa shape index (κ2) is 9.36. The van der Waals surface area contributed by atoms with E-state index in [-0.39, 0.29) is 11.3 Å². The lowest BCUT2D eigenvalue weighted by Gasteiger charge is -2.27. The molecule has 0 aliphatic rings. The Bertz CT molecular complexity index is 841. The summed E-state index contributed by atoms with van der Waals surface area (Å²) in [6.07, 6.45) is -5.32. The fourth-order valence-electron chi connectivity index (χ4n) is 2.96. The summed E-state index contributed by atoms with van der Waals surface area (Å²) in [5.41, 5.74) is 3.28. The topological polar surface area (TPSA) is 54.7 Å². The lowest BCUT2D eigenvalue weighted by atomic mass is 9.96. The molecule has 1 heterocycles. The van der Waals surface area contributed by atoms with Gasteiger partial charge in [0.2, 0.25) is 0 Å². The molecular formula is C21H27F3N2O2S. The Balaban J connectivity index is 2.64. The van der Waals surface area contributed by atoms with Crippen LogP contribution in [0.15, 0.2) is 28.0 Å². The molecule has 0 fully saturated rings. The minimum absolute atomic E-state index is 0.0614. The number of aliphatic hydroxyl groups is 1. The van der Waals surface area contributed by atoms with Crippen LogP contribution in [0.2, 0.25) is 0 Å². The normalized spacial score (nSPS) is 14.3. The van der Waals surface area contributed by atoms with E-state index in [2.05, 4.69) is 9.98 Å². The summed E-state index contributed by atoms with van der Waals surface area (Å²) >= 11 is 1.42. The number of hydrogen-bond acceptors (Lipinski definition) is 5. The van der Waals surface area contributed by atoms with E-state index in [4.69, 9.17) is 4.74 Å². The van der Waals surface area contributed by atoms with Crippen LogP contribution in [0.3, 0.4) is 0 Å². The highest BCUT2D eigenvalue weighted by Gasteiger charge is 2.44. The molecule has 0 bridgehead atoms. The summed E-state index contributed by atoms with van der Waals surface area (Å²) in [7, 11) is 0. The molecule has 0 aliphatic heterocycles. The van der Waals surface area contributed by atoms with E-state index in [1.807, 2.05) is 19.2 Å². The van der Waals surface area contributed by atoms with Gasteiger partial charge in [-0.25, -0.2) is 4.98 Å². The fourth-order valence-corrected chi connectivity index (χ4v) is 3.51. The number of ether oxygens (including phenoxy) is 1. The maximum absolute atomic E-state index is 13.9. The van der Waals surface area contributed by atoms with E-state index >= 15 is 0 Å². The SMILES string of the molecule is CCCC(C)=Nc1c(C(OCC(C)(C)O)C(F)(F)F)ccc(-c2cscn2)c1C. The van der Waals surface area contributed by atoms with Crippen LogP contribution in [0, 0.1) is 6.92 Å². The van der Waals surface area contributed by atoms with Crippen molar-refractivity contribution >= 4 is 22.7 Å². The van der Waals surface area contributed by atoms with Crippen molar-refractivity contribution in [1.29, 1.82) is 0 Å². The zero-order valence-electron chi connectivity index (χ0n) is 17.3. The zero-order valence-corrected chi connectivity index (χ0v) is 18.1. The van der Waals surface area contributed by atoms with E-state index in [0.717, 1.165) is 17.7 Å². The number of hydrogen-bond donors (Lipinski definition) is 1. The molecule has 8 heteroatoms. The van der Waals surface area contributed by atoms with Crippen molar-refractivity contribution in [3.8, 4) is 11.3 Å². The Morgan fingerprint density at radius 3 is 2.52 bits per heavy atom. The van der Waals surface area contributed by atoms with Crippen LogP contribution in [-0.2, 0) is 4.74 Å². The largest absolute Gasteiger partial charge is 0.418 e. The molecule has 1 aromatic heterocycles. The highest BCUT2D eigenvalue weighted by molar-refractivity contribution is 7.07. The molecule has 0 saturated carbocycles. The van der Waals surface area contributed by atoms with Crippen molar-refractivity contribution in [1.82, 2.24) is 4.98 Å². The molecule has 0 radical (unpaired) electrons. The summed E-state index contributed by atoms with van der Waals surface area (Å²) < 4.78 is 46.8. The van der Waals surface area contributed by atoms with Crippen LogP contribution in [0.1, 0.15) is 57.8 Å². The van der Waals surface area contributed by atoms with Crippen LogP contribution in [0.5, 0.6) is 0 Å². The van der Waals surface area contributed by atoms with Gasteiger partial charge >= 0.3 is 6.18 Å². The second-order valence-electron chi connectivity index (χ2n) is 7.69. The number of aliphatic imine (C=N–C) groups is 1. The smallest absolute Gasteiger partial charge is 0.388 e. The van der Waals surface area contributed by atoms with Crippen molar-refractivity contribution < 1.29 is 23.0 Å². The molecule has 160 valence electrons. The highest BCUT2D eigenvalue weighted by atomic mass is 32.1. The standard InChI is InChI=1S/C21H27F3N2O2S/c1-6-7-13(2)26-18-14(3)15(17-10-29-12-25-17)8-9-16(18)19(21(22,23)24)28-11-20(4,5)27/h8-10,12,19,27H,6-7,11H2,1-5H3. The molecule has 2 aromatic rings. The van der Waals surface area contributed by atoms with Gasteiger partial charge in [0.25, 0.3) is 0 Å². The minimum atomic E-state index is -4.65. The first kappa shape index (κ1) is 23.5. The predicted octanol–water partition coefficient (Wildman–Crippen LogP) is 6.40. The van der Waals surface area contributed by atoms with Crippen molar-refractivity contribution in [2.45, 2.75) is 65.3 Å². The molecular weight excluding hydrogens is 401 g/mol. The average Bonchev–Trinajstić information content (AvgIpc) is 3.10.